The van der Waals surface area contributed by atoms with E-state index in [1.165, 1.54) is 0 Å². The van der Waals surface area contributed by atoms with Crippen molar-refractivity contribution in [3.05, 3.63) is 23.4 Å². The molecule has 0 aliphatic carbocycles. The summed E-state index contributed by atoms with van der Waals surface area (Å²) in [7, 11) is 1.75. The van der Waals surface area contributed by atoms with E-state index in [-0.39, 0.29) is 18.3 Å². The molecule has 0 spiro atoms. The minimum Gasteiger partial charge on any atom is -0.384 e. The molecule has 0 bridgehead atoms. The second-order valence-electron chi connectivity index (χ2n) is 2.89. The van der Waals surface area contributed by atoms with Crippen LogP contribution in [-0.2, 0) is 6.54 Å². The van der Waals surface area contributed by atoms with Crippen molar-refractivity contribution in [1.82, 2.24) is 9.88 Å². The number of aromatic nitrogens is 1. The molecule has 0 atom stereocenters. The lowest BCUT2D eigenvalue weighted by Gasteiger charge is -2.03. The van der Waals surface area contributed by atoms with Gasteiger partial charge < -0.3 is 10.6 Å². The molecule has 1 aliphatic rings. The van der Waals surface area contributed by atoms with Gasteiger partial charge in [-0.3, -0.25) is 4.79 Å². The van der Waals surface area contributed by atoms with Gasteiger partial charge >= 0.3 is 0 Å². The Bertz CT molecular complexity index is 353. The summed E-state index contributed by atoms with van der Waals surface area (Å²) in [6, 6.07) is 3.37. The maximum absolute atomic E-state index is 11.4. The van der Waals surface area contributed by atoms with Crippen molar-refractivity contribution in [2.24, 2.45) is 0 Å². The molecule has 1 aromatic heterocycles. The molecule has 0 fully saturated rings. The molecule has 0 radical (unpaired) electrons. The van der Waals surface area contributed by atoms with Gasteiger partial charge in [-0.1, -0.05) is 0 Å². The Morgan fingerprint density at radius 3 is 2.92 bits per heavy atom. The highest BCUT2D eigenvalue weighted by Gasteiger charge is 2.25. The van der Waals surface area contributed by atoms with Crippen LogP contribution in [0.4, 0.5) is 5.82 Å². The molecule has 1 aromatic rings. The maximum Gasteiger partial charge on any atom is 0.255 e. The smallest absolute Gasteiger partial charge is 0.255 e. The standard InChI is InChI=1S/C8H9N3O.ClH/c1-11-4-6-5(8(11)12)2-3-7(9)10-6;/h2-3H,4H2,1H3,(H2,9,10);1H. The molecule has 2 N–H and O–H groups in total. The number of hydrogen-bond acceptors (Lipinski definition) is 3. The van der Waals surface area contributed by atoms with Crippen LogP contribution in [0, 0.1) is 0 Å². The van der Waals surface area contributed by atoms with Crippen molar-refractivity contribution < 1.29 is 4.79 Å². The lowest BCUT2D eigenvalue weighted by Crippen LogP contribution is -2.17. The Hall–Kier alpha value is -1.29. The van der Waals surface area contributed by atoms with E-state index in [2.05, 4.69) is 4.98 Å². The molecule has 0 saturated carbocycles. The van der Waals surface area contributed by atoms with Crippen LogP contribution in [0.2, 0.25) is 0 Å². The number of carbonyl (C=O) groups is 1. The zero-order valence-corrected chi connectivity index (χ0v) is 7.97. The first-order chi connectivity index (χ1) is 5.68. The van der Waals surface area contributed by atoms with Gasteiger partial charge in [0.25, 0.3) is 5.91 Å². The van der Waals surface area contributed by atoms with Crippen LogP contribution in [0.25, 0.3) is 0 Å². The van der Waals surface area contributed by atoms with Gasteiger partial charge in [0.15, 0.2) is 0 Å². The Morgan fingerprint density at radius 2 is 2.23 bits per heavy atom. The van der Waals surface area contributed by atoms with E-state index in [0.29, 0.717) is 17.9 Å². The van der Waals surface area contributed by atoms with E-state index in [9.17, 15) is 4.79 Å². The van der Waals surface area contributed by atoms with Gasteiger partial charge in [-0.25, -0.2) is 4.98 Å². The van der Waals surface area contributed by atoms with Crippen molar-refractivity contribution in [3.8, 4) is 0 Å². The van der Waals surface area contributed by atoms with Crippen LogP contribution < -0.4 is 5.73 Å². The molecule has 2 heterocycles. The fourth-order valence-electron chi connectivity index (χ4n) is 1.34. The number of nitrogens with zero attached hydrogens (tertiary/aromatic N) is 2. The summed E-state index contributed by atoms with van der Waals surface area (Å²) in [5.74, 6) is 0.495. The van der Waals surface area contributed by atoms with Gasteiger partial charge in [0, 0.05) is 7.05 Å². The van der Waals surface area contributed by atoms with Gasteiger partial charge in [0.1, 0.15) is 5.82 Å². The molecule has 13 heavy (non-hydrogen) atoms. The summed E-state index contributed by atoms with van der Waals surface area (Å²) in [5, 5.41) is 0. The first-order valence-electron chi connectivity index (χ1n) is 3.69. The van der Waals surface area contributed by atoms with Gasteiger partial charge in [-0.2, -0.15) is 0 Å². The minimum absolute atomic E-state index is 0. The largest absolute Gasteiger partial charge is 0.384 e. The van der Waals surface area contributed by atoms with Gasteiger partial charge in [0.05, 0.1) is 17.8 Å². The van der Waals surface area contributed by atoms with E-state index in [4.69, 9.17) is 5.73 Å². The molecule has 1 aliphatic heterocycles. The summed E-state index contributed by atoms with van der Waals surface area (Å²) < 4.78 is 0. The lowest BCUT2D eigenvalue weighted by atomic mass is 10.2. The van der Waals surface area contributed by atoms with Crippen LogP contribution in [0.5, 0.6) is 0 Å². The number of fused-ring (bicyclic) bond motifs is 1. The van der Waals surface area contributed by atoms with E-state index in [1.807, 2.05) is 0 Å². The maximum atomic E-state index is 11.4. The molecular weight excluding hydrogens is 190 g/mol. The molecule has 5 heteroatoms. The predicted molar refractivity (Wildman–Crippen MR) is 51.7 cm³/mol. The van der Waals surface area contributed by atoms with Crippen LogP contribution >= 0.6 is 12.4 Å². The minimum atomic E-state index is 0. The summed E-state index contributed by atoms with van der Waals surface area (Å²) in [4.78, 5) is 17.0. The summed E-state index contributed by atoms with van der Waals surface area (Å²) >= 11 is 0. The quantitative estimate of drug-likeness (QED) is 0.668. The number of halogens is 1. The fraction of sp³-hybridized carbons (Fsp3) is 0.250. The fourth-order valence-corrected chi connectivity index (χ4v) is 1.34. The Balaban J connectivity index is 0.000000845. The first kappa shape index (κ1) is 9.80. The van der Waals surface area contributed by atoms with E-state index in [0.717, 1.165) is 5.69 Å². The lowest BCUT2D eigenvalue weighted by molar-refractivity contribution is 0.0816. The highest BCUT2D eigenvalue weighted by Crippen LogP contribution is 2.19. The Kier molecular flexibility index (Phi) is 2.43. The second-order valence-corrected chi connectivity index (χ2v) is 2.89. The normalized spacial score (nSPS) is 13.9. The Labute approximate surface area is 82.2 Å². The van der Waals surface area contributed by atoms with Gasteiger partial charge in [0.2, 0.25) is 0 Å². The number of rotatable bonds is 0. The highest BCUT2D eigenvalue weighted by molar-refractivity contribution is 5.97. The van der Waals surface area contributed by atoms with E-state index in [1.54, 1.807) is 24.1 Å². The van der Waals surface area contributed by atoms with Crippen LogP contribution in [-0.4, -0.2) is 22.8 Å². The molecular formula is C8H10ClN3O. The second kappa shape index (κ2) is 3.22. The van der Waals surface area contributed by atoms with Crippen LogP contribution in [0.1, 0.15) is 16.1 Å². The zero-order chi connectivity index (χ0) is 8.72. The van der Waals surface area contributed by atoms with Crippen molar-refractivity contribution in [1.29, 1.82) is 0 Å². The average Bonchev–Trinajstić information content (AvgIpc) is 2.28. The summed E-state index contributed by atoms with van der Waals surface area (Å²) in [5.41, 5.74) is 6.93. The molecule has 70 valence electrons. The number of nitrogens with two attached hydrogens (primary N) is 1. The number of anilines is 1. The topological polar surface area (TPSA) is 59.2 Å². The molecule has 0 saturated heterocycles. The van der Waals surface area contributed by atoms with Crippen LogP contribution in [0.15, 0.2) is 12.1 Å². The molecule has 2 rings (SSSR count). The van der Waals surface area contributed by atoms with Gasteiger partial charge in [-0.15, -0.1) is 12.4 Å². The monoisotopic (exact) mass is 199 g/mol. The van der Waals surface area contributed by atoms with E-state index < -0.39 is 0 Å². The number of hydrogen-bond donors (Lipinski definition) is 1. The average molecular weight is 200 g/mol. The van der Waals surface area contributed by atoms with Crippen molar-refractivity contribution in [2.45, 2.75) is 6.54 Å². The molecule has 4 nitrogen and oxygen atoms in total. The van der Waals surface area contributed by atoms with E-state index >= 15 is 0 Å². The SMILES string of the molecule is CN1Cc2nc(N)ccc2C1=O.Cl. The molecule has 0 unspecified atom stereocenters. The Morgan fingerprint density at radius 1 is 1.54 bits per heavy atom. The highest BCUT2D eigenvalue weighted by atomic mass is 35.5. The third-order valence-corrected chi connectivity index (χ3v) is 1.96. The molecule has 0 aromatic carbocycles. The number of carbonyl (C=O) groups excluding carboxylic acids is 1. The van der Waals surface area contributed by atoms with Crippen molar-refractivity contribution in [2.75, 3.05) is 12.8 Å². The number of pyridine rings is 1. The third kappa shape index (κ3) is 1.45. The van der Waals surface area contributed by atoms with Gasteiger partial charge in [-0.05, 0) is 12.1 Å². The van der Waals surface area contributed by atoms with Crippen molar-refractivity contribution in [3.63, 3.8) is 0 Å². The van der Waals surface area contributed by atoms with Crippen molar-refractivity contribution >= 4 is 24.1 Å². The summed E-state index contributed by atoms with van der Waals surface area (Å²) in [6.07, 6.45) is 0. The molecule has 1 amide bonds. The summed E-state index contributed by atoms with van der Waals surface area (Å²) in [6.45, 7) is 0.569. The number of amides is 1. The first-order valence-corrected chi connectivity index (χ1v) is 3.69. The third-order valence-electron chi connectivity index (χ3n) is 1.96. The van der Waals surface area contributed by atoms with Crippen LogP contribution in [0.3, 0.4) is 0 Å². The number of nitrogen functional groups attached to an aromatic ring is 1. The predicted octanol–water partition coefficient (Wildman–Crippen LogP) is 0.671. The zero-order valence-electron chi connectivity index (χ0n) is 7.15.